The molecule has 0 saturated heterocycles. The monoisotopic (exact) mass is 225 g/mol. The third kappa shape index (κ3) is 1.71. The Morgan fingerprint density at radius 2 is 1.94 bits per heavy atom. The van der Waals surface area contributed by atoms with Gasteiger partial charge in [-0.05, 0) is 22.8 Å². The summed E-state index contributed by atoms with van der Waals surface area (Å²) in [7, 11) is 0. The zero-order valence-corrected chi connectivity index (χ0v) is 9.65. The number of ether oxygens (including phenoxy) is 1. The molecule has 1 heterocycles. The highest BCUT2D eigenvalue weighted by Gasteiger charge is 2.17. The lowest BCUT2D eigenvalue weighted by atomic mass is 9.94. The van der Waals surface area contributed by atoms with Gasteiger partial charge in [-0.3, -0.25) is 0 Å². The first-order valence-corrected chi connectivity index (χ1v) is 5.93. The minimum atomic E-state index is 0.543. The molecule has 17 heavy (non-hydrogen) atoms. The Hall–Kier alpha value is -1.80. The highest BCUT2D eigenvalue weighted by atomic mass is 16.5. The smallest absolute Gasteiger partial charge is 0.127 e. The highest BCUT2D eigenvalue weighted by molar-refractivity contribution is 5.77. The number of benzene rings is 2. The van der Waals surface area contributed by atoms with Gasteiger partial charge in [0.1, 0.15) is 5.75 Å². The molecule has 0 spiro atoms. The van der Waals surface area contributed by atoms with Gasteiger partial charge in [0.15, 0.2) is 0 Å². The minimum absolute atomic E-state index is 0.543. The molecule has 86 valence electrons. The van der Waals surface area contributed by atoms with E-state index in [1.54, 1.807) is 0 Å². The van der Waals surface area contributed by atoms with E-state index in [4.69, 9.17) is 10.5 Å². The molecule has 0 fully saturated rings. The Kier molecular flexibility index (Phi) is 2.57. The molecule has 2 N–H and O–H groups in total. The molecule has 0 aromatic heterocycles. The van der Waals surface area contributed by atoms with Crippen LogP contribution in [0, 0.1) is 0 Å². The van der Waals surface area contributed by atoms with Crippen molar-refractivity contribution in [3.05, 3.63) is 53.6 Å². The Balaban J connectivity index is 2.30. The molecule has 0 aliphatic carbocycles. The zero-order valence-electron chi connectivity index (χ0n) is 9.65. The Morgan fingerprint density at radius 3 is 2.82 bits per heavy atom. The number of hydrogen-bond donors (Lipinski definition) is 1. The van der Waals surface area contributed by atoms with Gasteiger partial charge in [0, 0.05) is 18.5 Å². The first-order chi connectivity index (χ1) is 8.40. The lowest BCUT2D eigenvalue weighted by Gasteiger charge is -2.12. The normalized spacial score (nSPS) is 13.2. The van der Waals surface area contributed by atoms with Gasteiger partial charge < -0.3 is 10.5 Å². The van der Waals surface area contributed by atoms with E-state index < -0.39 is 0 Å². The summed E-state index contributed by atoms with van der Waals surface area (Å²) in [5, 5.41) is 0. The molecule has 3 rings (SSSR count). The lowest BCUT2D eigenvalue weighted by molar-refractivity contribution is 0.326. The molecule has 1 aliphatic heterocycles. The van der Waals surface area contributed by atoms with Crippen LogP contribution in [0.25, 0.3) is 11.1 Å². The van der Waals surface area contributed by atoms with E-state index in [1.807, 2.05) is 12.1 Å². The SMILES string of the molecule is NCc1cccc2c1-c1ccccc1CCO2. The summed E-state index contributed by atoms with van der Waals surface area (Å²) in [4.78, 5) is 0. The van der Waals surface area contributed by atoms with Gasteiger partial charge >= 0.3 is 0 Å². The second-order valence-electron chi connectivity index (χ2n) is 4.25. The van der Waals surface area contributed by atoms with Gasteiger partial charge in [-0.25, -0.2) is 0 Å². The van der Waals surface area contributed by atoms with Crippen LogP contribution in [0.1, 0.15) is 11.1 Å². The predicted octanol–water partition coefficient (Wildman–Crippen LogP) is 2.75. The summed E-state index contributed by atoms with van der Waals surface area (Å²) in [5.74, 6) is 0.956. The van der Waals surface area contributed by atoms with Crippen LogP contribution >= 0.6 is 0 Å². The average molecular weight is 225 g/mol. The molecule has 1 aliphatic rings. The van der Waals surface area contributed by atoms with Crippen LogP contribution in [-0.2, 0) is 13.0 Å². The molecular formula is C15H15NO. The van der Waals surface area contributed by atoms with Gasteiger partial charge in [-0.1, -0.05) is 36.4 Å². The van der Waals surface area contributed by atoms with E-state index in [9.17, 15) is 0 Å². The first-order valence-electron chi connectivity index (χ1n) is 5.93. The fourth-order valence-corrected chi connectivity index (χ4v) is 2.43. The summed E-state index contributed by atoms with van der Waals surface area (Å²) in [5.41, 5.74) is 10.8. The van der Waals surface area contributed by atoms with Crippen molar-refractivity contribution in [2.24, 2.45) is 5.73 Å². The summed E-state index contributed by atoms with van der Waals surface area (Å²) in [6.07, 6.45) is 0.953. The number of nitrogens with two attached hydrogens (primary N) is 1. The predicted molar refractivity (Wildman–Crippen MR) is 69.0 cm³/mol. The Bertz CT molecular complexity index is 548. The maximum absolute atomic E-state index is 5.83. The van der Waals surface area contributed by atoms with Crippen LogP contribution < -0.4 is 10.5 Å². The van der Waals surface area contributed by atoms with Gasteiger partial charge in [0.2, 0.25) is 0 Å². The third-order valence-corrected chi connectivity index (χ3v) is 3.25. The van der Waals surface area contributed by atoms with Gasteiger partial charge in [-0.2, -0.15) is 0 Å². The quantitative estimate of drug-likeness (QED) is 0.810. The van der Waals surface area contributed by atoms with Crippen LogP contribution in [0.3, 0.4) is 0 Å². The Morgan fingerprint density at radius 1 is 1.06 bits per heavy atom. The molecule has 0 unspecified atom stereocenters. The van der Waals surface area contributed by atoms with Crippen molar-refractivity contribution in [1.29, 1.82) is 0 Å². The van der Waals surface area contributed by atoms with Crippen LogP contribution in [0.4, 0.5) is 0 Å². The van der Waals surface area contributed by atoms with Crippen molar-refractivity contribution >= 4 is 0 Å². The van der Waals surface area contributed by atoms with Gasteiger partial charge in [0.25, 0.3) is 0 Å². The maximum Gasteiger partial charge on any atom is 0.127 e. The Labute approximate surface area is 101 Å². The molecule has 2 nitrogen and oxygen atoms in total. The molecule has 0 bridgehead atoms. The number of rotatable bonds is 1. The molecule has 2 aromatic rings. The van der Waals surface area contributed by atoms with Crippen molar-refractivity contribution < 1.29 is 4.74 Å². The third-order valence-electron chi connectivity index (χ3n) is 3.25. The second kappa shape index (κ2) is 4.22. The number of hydrogen-bond acceptors (Lipinski definition) is 2. The molecular weight excluding hydrogens is 210 g/mol. The molecule has 0 radical (unpaired) electrons. The lowest BCUT2D eigenvalue weighted by Crippen LogP contribution is -2.01. The summed E-state index contributed by atoms with van der Waals surface area (Å²) >= 11 is 0. The van der Waals surface area contributed by atoms with Crippen LogP contribution in [0.2, 0.25) is 0 Å². The van der Waals surface area contributed by atoms with Crippen molar-refractivity contribution in [2.75, 3.05) is 6.61 Å². The molecule has 2 aromatic carbocycles. The minimum Gasteiger partial charge on any atom is -0.493 e. The van der Waals surface area contributed by atoms with Gasteiger partial charge in [-0.15, -0.1) is 0 Å². The van der Waals surface area contributed by atoms with Crippen LogP contribution in [-0.4, -0.2) is 6.61 Å². The summed E-state index contributed by atoms with van der Waals surface area (Å²) in [6, 6.07) is 14.6. The molecule has 0 atom stereocenters. The summed E-state index contributed by atoms with van der Waals surface area (Å²) in [6.45, 7) is 1.28. The van der Waals surface area contributed by atoms with Crippen molar-refractivity contribution in [1.82, 2.24) is 0 Å². The van der Waals surface area contributed by atoms with E-state index >= 15 is 0 Å². The second-order valence-corrected chi connectivity index (χ2v) is 4.25. The van der Waals surface area contributed by atoms with Crippen molar-refractivity contribution in [3.63, 3.8) is 0 Å². The fourth-order valence-electron chi connectivity index (χ4n) is 2.43. The molecule has 0 amide bonds. The average Bonchev–Trinajstić information content (AvgIpc) is 2.57. The largest absolute Gasteiger partial charge is 0.493 e. The van der Waals surface area contributed by atoms with Crippen molar-refractivity contribution in [3.8, 4) is 16.9 Å². The van der Waals surface area contributed by atoms with E-state index in [2.05, 4.69) is 30.3 Å². The van der Waals surface area contributed by atoms with E-state index in [0.29, 0.717) is 6.54 Å². The fraction of sp³-hybridized carbons (Fsp3) is 0.200. The van der Waals surface area contributed by atoms with Crippen molar-refractivity contribution in [2.45, 2.75) is 13.0 Å². The number of fused-ring (bicyclic) bond motifs is 3. The topological polar surface area (TPSA) is 35.2 Å². The summed E-state index contributed by atoms with van der Waals surface area (Å²) < 4.78 is 5.82. The maximum atomic E-state index is 5.83. The molecule has 0 saturated carbocycles. The van der Waals surface area contributed by atoms with E-state index in [-0.39, 0.29) is 0 Å². The highest BCUT2D eigenvalue weighted by Crippen LogP contribution is 2.37. The molecule has 2 heteroatoms. The van der Waals surface area contributed by atoms with E-state index in [1.165, 1.54) is 16.7 Å². The zero-order chi connectivity index (χ0) is 11.7. The standard InChI is InChI=1S/C15H15NO/c16-10-12-5-3-7-14-15(12)13-6-2-1-4-11(13)8-9-17-14/h1-7H,8-10,16H2. The van der Waals surface area contributed by atoms with E-state index in [0.717, 1.165) is 24.3 Å². The van der Waals surface area contributed by atoms with Crippen LogP contribution in [0.15, 0.2) is 42.5 Å². The van der Waals surface area contributed by atoms with Crippen LogP contribution in [0.5, 0.6) is 5.75 Å². The van der Waals surface area contributed by atoms with Gasteiger partial charge in [0.05, 0.1) is 6.61 Å². The first kappa shape index (κ1) is 10.4.